The molecule has 4 aromatic rings. The molecule has 0 saturated heterocycles. The molecule has 2 N–H and O–H groups in total. The molecule has 158 valence electrons. The molecule has 31 heavy (non-hydrogen) atoms. The standard InChI is InChI=1S/C23H18ClFN2O4/c1-29-20-4-2-3-5-21(20)31-22-12-26-27-23(22)17-9-8-16(11-19(17)28)30-13-14-6-7-15(25)10-18(14)24/h2-12,28H,13H2,1H3,(H,26,27). The van der Waals surface area contributed by atoms with Crippen LogP contribution in [0.1, 0.15) is 5.56 Å². The first kappa shape index (κ1) is 20.6. The summed E-state index contributed by atoms with van der Waals surface area (Å²) in [6, 6.07) is 16.2. The Balaban J connectivity index is 1.53. The molecule has 8 heteroatoms. The molecule has 3 aromatic carbocycles. The molecule has 0 bridgehead atoms. The SMILES string of the molecule is COc1ccccc1Oc1cn[nH]c1-c1ccc(OCc2ccc(F)cc2Cl)cc1O. The van der Waals surface area contributed by atoms with Gasteiger partial charge in [0.05, 0.1) is 18.3 Å². The van der Waals surface area contributed by atoms with E-state index in [-0.39, 0.29) is 17.4 Å². The smallest absolute Gasteiger partial charge is 0.173 e. The molecule has 0 aliphatic heterocycles. The number of phenols is 1. The van der Waals surface area contributed by atoms with Crippen LogP contribution < -0.4 is 14.2 Å². The molecular formula is C23H18ClFN2O4. The summed E-state index contributed by atoms with van der Waals surface area (Å²) in [5.41, 5.74) is 1.61. The number of aromatic amines is 1. The van der Waals surface area contributed by atoms with Crippen molar-refractivity contribution >= 4 is 11.6 Å². The van der Waals surface area contributed by atoms with Crippen LogP contribution in [0.15, 0.2) is 66.9 Å². The fourth-order valence-corrected chi connectivity index (χ4v) is 3.20. The molecule has 1 aromatic heterocycles. The number of phenolic OH excluding ortho intramolecular Hbond substituents is 1. The van der Waals surface area contributed by atoms with Gasteiger partial charge < -0.3 is 19.3 Å². The maximum atomic E-state index is 13.2. The number of methoxy groups -OCH3 is 1. The van der Waals surface area contributed by atoms with Crippen LogP contribution in [0, 0.1) is 5.82 Å². The van der Waals surface area contributed by atoms with E-state index in [9.17, 15) is 9.50 Å². The van der Waals surface area contributed by atoms with Crippen LogP contribution in [0.4, 0.5) is 4.39 Å². The van der Waals surface area contributed by atoms with Gasteiger partial charge in [-0.1, -0.05) is 29.8 Å². The Labute approximate surface area is 182 Å². The Hall–Kier alpha value is -3.71. The molecular weight excluding hydrogens is 423 g/mol. The number of H-pyrrole nitrogens is 1. The highest BCUT2D eigenvalue weighted by Gasteiger charge is 2.16. The molecule has 0 atom stereocenters. The van der Waals surface area contributed by atoms with Crippen molar-refractivity contribution in [1.82, 2.24) is 10.2 Å². The van der Waals surface area contributed by atoms with Crippen LogP contribution in [0.5, 0.6) is 28.7 Å². The summed E-state index contributed by atoms with van der Waals surface area (Å²) in [5.74, 6) is 1.49. The van der Waals surface area contributed by atoms with E-state index in [2.05, 4.69) is 10.2 Å². The zero-order valence-corrected chi connectivity index (χ0v) is 17.2. The number of ether oxygens (including phenoxy) is 3. The molecule has 0 spiro atoms. The molecule has 0 aliphatic carbocycles. The van der Waals surface area contributed by atoms with E-state index in [4.69, 9.17) is 25.8 Å². The lowest BCUT2D eigenvalue weighted by molar-refractivity contribution is 0.304. The molecule has 0 unspecified atom stereocenters. The van der Waals surface area contributed by atoms with E-state index >= 15 is 0 Å². The first-order valence-electron chi connectivity index (χ1n) is 9.29. The van der Waals surface area contributed by atoms with Crippen LogP contribution in [-0.2, 0) is 6.61 Å². The van der Waals surface area contributed by atoms with Crippen LogP contribution >= 0.6 is 11.6 Å². The van der Waals surface area contributed by atoms with Gasteiger partial charge in [-0.05, 0) is 36.4 Å². The maximum absolute atomic E-state index is 13.2. The van der Waals surface area contributed by atoms with Gasteiger partial charge in [0.15, 0.2) is 17.2 Å². The molecule has 4 rings (SSSR count). The van der Waals surface area contributed by atoms with Crippen LogP contribution in [0.2, 0.25) is 5.02 Å². The van der Waals surface area contributed by atoms with Gasteiger partial charge in [-0.25, -0.2) is 4.39 Å². The van der Waals surface area contributed by atoms with E-state index in [1.54, 1.807) is 37.4 Å². The summed E-state index contributed by atoms with van der Waals surface area (Å²) in [5, 5.41) is 17.7. The second-order valence-electron chi connectivity index (χ2n) is 6.57. The second-order valence-corrected chi connectivity index (χ2v) is 6.97. The largest absolute Gasteiger partial charge is 0.507 e. The lowest BCUT2D eigenvalue weighted by Crippen LogP contribution is -1.97. The summed E-state index contributed by atoms with van der Waals surface area (Å²) in [6.07, 6.45) is 1.52. The van der Waals surface area contributed by atoms with Crippen molar-refractivity contribution in [2.75, 3.05) is 7.11 Å². The van der Waals surface area contributed by atoms with Crippen molar-refractivity contribution in [2.45, 2.75) is 6.61 Å². The number of hydrogen-bond donors (Lipinski definition) is 2. The Morgan fingerprint density at radius 2 is 1.84 bits per heavy atom. The number of aromatic hydroxyl groups is 1. The fraction of sp³-hybridized carbons (Fsp3) is 0.0870. The average Bonchev–Trinajstić information content (AvgIpc) is 3.21. The van der Waals surface area contributed by atoms with Gasteiger partial charge >= 0.3 is 0 Å². The number of aromatic nitrogens is 2. The van der Waals surface area contributed by atoms with E-state index in [1.807, 2.05) is 12.1 Å². The molecule has 0 radical (unpaired) electrons. The summed E-state index contributed by atoms with van der Waals surface area (Å²) in [7, 11) is 1.56. The Morgan fingerprint density at radius 1 is 1.03 bits per heavy atom. The van der Waals surface area contributed by atoms with Crippen LogP contribution in [0.3, 0.4) is 0 Å². The summed E-state index contributed by atoms with van der Waals surface area (Å²) >= 11 is 6.02. The number of benzene rings is 3. The van der Waals surface area contributed by atoms with Crippen molar-refractivity contribution in [3.63, 3.8) is 0 Å². The van der Waals surface area contributed by atoms with Crippen molar-refractivity contribution < 1.29 is 23.7 Å². The number of rotatable bonds is 7. The van der Waals surface area contributed by atoms with Crippen molar-refractivity contribution in [3.8, 4) is 40.0 Å². The third kappa shape index (κ3) is 4.57. The van der Waals surface area contributed by atoms with Crippen molar-refractivity contribution in [3.05, 3.63) is 83.3 Å². The predicted octanol–water partition coefficient (Wildman–Crippen LogP) is 5.95. The number of halogens is 2. The monoisotopic (exact) mass is 440 g/mol. The highest BCUT2D eigenvalue weighted by Crippen LogP contribution is 2.40. The third-order valence-corrected chi connectivity index (χ3v) is 4.89. The first-order chi connectivity index (χ1) is 15.0. The summed E-state index contributed by atoms with van der Waals surface area (Å²) < 4.78 is 30.1. The van der Waals surface area contributed by atoms with Gasteiger partial charge in [0.25, 0.3) is 0 Å². The van der Waals surface area contributed by atoms with Gasteiger partial charge in [0, 0.05) is 17.2 Å². The van der Waals surface area contributed by atoms with E-state index in [0.717, 1.165) is 0 Å². The molecule has 0 aliphatic rings. The fourth-order valence-electron chi connectivity index (χ4n) is 2.98. The first-order valence-corrected chi connectivity index (χ1v) is 9.67. The van der Waals surface area contributed by atoms with Gasteiger partial charge in [-0.15, -0.1) is 0 Å². The Kier molecular flexibility index (Phi) is 5.95. The highest BCUT2D eigenvalue weighted by atomic mass is 35.5. The Bertz CT molecular complexity index is 1210. The van der Waals surface area contributed by atoms with Gasteiger partial charge in [-0.2, -0.15) is 5.10 Å². The highest BCUT2D eigenvalue weighted by molar-refractivity contribution is 6.31. The quantitative estimate of drug-likeness (QED) is 0.371. The lowest BCUT2D eigenvalue weighted by Gasteiger charge is -2.12. The molecule has 0 amide bonds. The summed E-state index contributed by atoms with van der Waals surface area (Å²) in [6.45, 7) is 0.129. The van der Waals surface area contributed by atoms with Gasteiger partial charge in [0.1, 0.15) is 29.6 Å². The van der Waals surface area contributed by atoms with Gasteiger partial charge in [0.2, 0.25) is 0 Å². The Morgan fingerprint density at radius 3 is 2.58 bits per heavy atom. The van der Waals surface area contributed by atoms with Gasteiger partial charge in [-0.3, -0.25) is 5.10 Å². The van der Waals surface area contributed by atoms with E-state index < -0.39 is 5.82 Å². The third-order valence-electron chi connectivity index (χ3n) is 4.54. The summed E-state index contributed by atoms with van der Waals surface area (Å²) in [4.78, 5) is 0. The molecule has 1 heterocycles. The van der Waals surface area contributed by atoms with E-state index in [0.29, 0.717) is 39.8 Å². The second kappa shape index (κ2) is 8.97. The molecule has 6 nitrogen and oxygen atoms in total. The topological polar surface area (TPSA) is 76.6 Å². The zero-order valence-electron chi connectivity index (χ0n) is 16.4. The molecule has 0 fully saturated rings. The number of nitrogens with zero attached hydrogens (tertiary/aromatic N) is 1. The minimum Gasteiger partial charge on any atom is -0.507 e. The van der Waals surface area contributed by atoms with Crippen molar-refractivity contribution in [2.24, 2.45) is 0 Å². The van der Waals surface area contributed by atoms with Crippen LogP contribution in [0.25, 0.3) is 11.3 Å². The zero-order chi connectivity index (χ0) is 21.8. The maximum Gasteiger partial charge on any atom is 0.173 e. The molecule has 0 saturated carbocycles. The average molecular weight is 441 g/mol. The van der Waals surface area contributed by atoms with E-state index in [1.165, 1.54) is 24.4 Å². The number of hydrogen-bond acceptors (Lipinski definition) is 5. The lowest BCUT2D eigenvalue weighted by atomic mass is 10.1. The normalized spacial score (nSPS) is 10.7. The number of nitrogens with one attached hydrogen (secondary N) is 1. The number of para-hydroxylation sites is 2. The predicted molar refractivity (Wildman–Crippen MR) is 114 cm³/mol. The minimum atomic E-state index is -0.415. The van der Waals surface area contributed by atoms with Crippen LogP contribution in [-0.4, -0.2) is 22.4 Å². The minimum absolute atomic E-state index is 0.0307. The van der Waals surface area contributed by atoms with Crippen molar-refractivity contribution in [1.29, 1.82) is 0 Å².